The van der Waals surface area contributed by atoms with Crippen LogP contribution in [0.4, 0.5) is 0 Å². The van der Waals surface area contributed by atoms with Crippen LogP contribution in [0.5, 0.6) is 0 Å². The molecular formula is C13H20ClNOS. The molecule has 1 heterocycles. The Balaban J connectivity index is 1.93. The number of hydrogen-bond acceptors (Lipinski definition) is 3. The van der Waals surface area contributed by atoms with E-state index in [-0.39, 0.29) is 12.0 Å². The van der Waals surface area contributed by atoms with Crippen LogP contribution in [0, 0.1) is 5.41 Å². The van der Waals surface area contributed by atoms with Crippen molar-refractivity contribution in [2.24, 2.45) is 5.41 Å². The van der Waals surface area contributed by atoms with Gasteiger partial charge in [-0.3, -0.25) is 0 Å². The molecule has 1 aliphatic rings. The summed E-state index contributed by atoms with van der Waals surface area (Å²) in [5.74, 6) is 0. The molecule has 0 spiro atoms. The highest BCUT2D eigenvalue weighted by Gasteiger charge is 2.26. The van der Waals surface area contributed by atoms with Gasteiger partial charge in [-0.2, -0.15) is 0 Å². The van der Waals surface area contributed by atoms with Crippen molar-refractivity contribution in [1.82, 2.24) is 5.32 Å². The van der Waals surface area contributed by atoms with Crippen LogP contribution in [-0.2, 0) is 6.42 Å². The zero-order chi connectivity index (χ0) is 12.5. The number of aliphatic hydroxyl groups is 1. The van der Waals surface area contributed by atoms with Crippen molar-refractivity contribution in [2.75, 3.05) is 13.2 Å². The van der Waals surface area contributed by atoms with E-state index < -0.39 is 0 Å². The van der Waals surface area contributed by atoms with Gasteiger partial charge in [0.1, 0.15) is 0 Å². The predicted octanol–water partition coefficient (Wildman–Crippen LogP) is 3.39. The van der Waals surface area contributed by atoms with Crippen LogP contribution in [0.15, 0.2) is 6.07 Å². The van der Waals surface area contributed by atoms with Crippen molar-refractivity contribution in [2.45, 2.75) is 39.2 Å². The van der Waals surface area contributed by atoms with Crippen LogP contribution in [0.1, 0.15) is 43.2 Å². The highest BCUT2D eigenvalue weighted by molar-refractivity contribution is 7.16. The third kappa shape index (κ3) is 3.22. The van der Waals surface area contributed by atoms with Gasteiger partial charge in [0.15, 0.2) is 0 Å². The third-order valence-corrected chi connectivity index (χ3v) is 4.80. The van der Waals surface area contributed by atoms with Gasteiger partial charge in [-0.05, 0) is 36.3 Å². The third-order valence-electron chi connectivity index (χ3n) is 3.46. The Hall–Kier alpha value is -0.0900. The smallest absolute Gasteiger partial charge is 0.0934 e. The topological polar surface area (TPSA) is 32.3 Å². The summed E-state index contributed by atoms with van der Waals surface area (Å²) in [6, 6.07) is 2.55. The van der Waals surface area contributed by atoms with Gasteiger partial charge in [0.2, 0.25) is 0 Å². The minimum Gasteiger partial charge on any atom is -0.396 e. The monoisotopic (exact) mass is 273 g/mol. The number of nitrogens with one attached hydrogen (secondary N) is 1. The number of hydrogen-bond donors (Lipinski definition) is 2. The molecule has 2 nitrogen and oxygen atoms in total. The maximum atomic E-state index is 9.01. The zero-order valence-corrected chi connectivity index (χ0v) is 12.0. The van der Waals surface area contributed by atoms with E-state index in [0.717, 1.165) is 23.7 Å². The summed E-state index contributed by atoms with van der Waals surface area (Å²) < 4.78 is 0.899. The molecule has 96 valence electrons. The van der Waals surface area contributed by atoms with E-state index in [2.05, 4.69) is 25.2 Å². The van der Waals surface area contributed by atoms with Gasteiger partial charge >= 0.3 is 0 Å². The lowest BCUT2D eigenvalue weighted by Gasteiger charge is -2.26. The van der Waals surface area contributed by atoms with Crippen molar-refractivity contribution in [3.8, 4) is 0 Å². The molecule has 1 aliphatic carbocycles. The lowest BCUT2D eigenvalue weighted by Crippen LogP contribution is -2.32. The first kappa shape index (κ1) is 13.3. The van der Waals surface area contributed by atoms with Gasteiger partial charge in [0.25, 0.3) is 0 Å². The number of aliphatic hydroxyl groups excluding tert-OH is 1. The summed E-state index contributed by atoms with van der Waals surface area (Å²) in [6.45, 7) is 5.57. The van der Waals surface area contributed by atoms with E-state index in [9.17, 15) is 0 Å². The molecule has 0 amide bonds. The second kappa shape index (κ2) is 5.27. The molecule has 0 bridgehead atoms. The number of thiophene rings is 1. The van der Waals surface area contributed by atoms with Crippen molar-refractivity contribution in [3.05, 3.63) is 20.8 Å². The fourth-order valence-electron chi connectivity index (χ4n) is 2.33. The van der Waals surface area contributed by atoms with E-state index in [1.165, 1.54) is 16.9 Å². The molecule has 1 aromatic heterocycles. The summed E-state index contributed by atoms with van der Waals surface area (Å²) in [4.78, 5) is 1.44. The lowest BCUT2D eigenvalue weighted by atomic mass is 9.89. The van der Waals surface area contributed by atoms with Crippen LogP contribution in [0.2, 0.25) is 4.34 Å². The Morgan fingerprint density at radius 3 is 3.06 bits per heavy atom. The Morgan fingerprint density at radius 1 is 1.59 bits per heavy atom. The highest BCUT2D eigenvalue weighted by Crippen LogP contribution is 2.39. The molecule has 0 aromatic carbocycles. The molecule has 1 unspecified atom stereocenters. The maximum absolute atomic E-state index is 9.01. The Bertz CT molecular complexity index is 389. The van der Waals surface area contributed by atoms with E-state index in [1.54, 1.807) is 11.3 Å². The molecule has 2 N–H and O–H groups in total. The van der Waals surface area contributed by atoms with Crippen LogP contribution in [-0.4, -0.2) is 18.3 Å². The lowest BCUT2D eigenvalue weighted by molar-refractivity contribution is 0.202. The summed E-state index contributed by atoms with van der Waals surface area (Å²) in [5.41, 5.74) is 1.54. The first-order chi connectivity index (χ1) is 8.02. The fraction of sp³-hybridized carbons (Fsp3) is 0.692. The minimum atomic E-state index is 0.150. The summed E-state index contributed by atoms with van der Waals surface area (Å²) in [6.07, 6.45) is 3.16. The van der Waals surface area contributed by atoms with Crippen molar-refractivity contribution >= 4 is 22.9 Å². The number of aryl methyl sites for hydroxylation is 1. The molecule has 0 radical (unpaired) electrons. The van der Waals surface area contributed by atoms with Crippen LogP contribution < -0.4 is 5.32 Å². The van der Waals surface area contributed by atoms with E-state index in [0.29, 0.717) is 6.04 Å². The van der Waals surface area contributed by atoms with Gasteiger partial charge in [-0.25, -0.2) is 0 Å². The Labute approximate surface area is 112 Å². The van der Waals surface area contributed by atoms with E-state index in [1.807, 2.05) is 0 Å². The molecule has 0 fully saturated rings. The molecule has 2 rings (SSSR count). The molecule has 17 heavy (non-hydrogen) atoms. The van der Waals surface area contributed by atoms with Crippen molar-refractivity contribution < 1.29 is 5.11 Å². The Morgan fingerprint density at radius 2 is 2.35 bits per heavy atom. The van der Waals surface area contributed by atoms with Gasteiger partial charge in [-0.15, -0.1) is 11.3 Å². The number of fused-ring (bicyclic) bond motifs is 1. The normalized spacial score (nSPS) is 19.6. The largest absolute Gasteiger partial charge is 0.396 e. The van der Waals surface area contributed by atoms with Gasteiger partial charge in [-0.1, -0.05) is 25.4 Å². The first-order valence-corrected chi connectivity index (χ1v) is 7.34. The zero-order valence-electron chi connectivity index (χ0n) is 10.4. The minimum absolute atomic E-state index is 0.150. The number of halogens is 1. The van der Waals surface area contributed by atoms with Crippen LogP contribution in [0.25, 0.3) is 0 Å². The first-order valence-electron chi connectivity index (χ1n) is 6.14. The predicted molar refractivity (Wildman–Crippen MR) is 73.9 cm³/mol. The van der Waals surface area contributed by atoms with Gasteiger partial charge in [0, 0.05) is 24.1 Å². The fourth-order valence-corrected chi connectivity index (χ4v) is 3.69. The number of rotatable bonds is 5. The molecule has 1 atom stereocenters. The summed E-state index contributed by atoms with van der Waals surface area (Å²) in [5, 5.41) is 12.6. The summed E-state index contributed by atoms with van der Waals surface area (Å²) in [7, 11) is 0. The van der Waals surface area contributed by atoms with Crippen LogP contribution in [0.3, 0.4) is 0 Å². The van der Waals surface area contributed by atoms with Crippen molar-refractivity contribution in [3.63, 3.8) is 0 Å². The van der Waals surface area contributed by atoms with Crippen molar-refractivity contribution in [1.29, 1.82) is 0 Å². The average molecular weight is 274 g/mol. The quantitative estimate of drug-likeness (QED) is 0.862. The second-order valence-corrected chi connectivity index (χ2v) is 7.31. The maximum Gasteiger partial charge on any atom is 0.0934 e. The van der Waals surface area contributed by atoms with Crippen LogP contribution >= 0.6 is 22.9 Å². The molecule has 0 saturated carbocycles. The molecule has 4 heteroatoms. The summed E-state index contributed by atoms with van der Waals surface area (Å²) >= 11 is 7.75. The standard InChI is InChI=1S/C13H20ClNOS/c1-13(2,5-6-16)8-15-10-3-4-11-9(10)7-12(14)17-11/h7,10,15-16H,3-6,8H2,1-2H3. The molecular weight excluding hydrogens is 254 g/mol. The second-order valence-electron chi connectivity index (χ2n) is 5.54. The van der Waals surface area contributed by atoms with E-state index >= 15 is 0 Å². The molecule has 0 saturated heterocycles. The average Bonchev–Trinajstić information content (AvgIpc) is 2.74. The van der Waals surface area contributed by atoms with E-state index in [4.69, 9.17) is 16.7 Å². The van der Waals surface area contributed by atoms with Gasteiger partial charge in [0.05, 0.1) is 4.34 Å². The van der Waals surface area contributed by atoms with Gasteiger partial charge < -0.3 is 10.4 Å². The molecule has 0 aliphatic heterocycles. The Kier molecular flexibility index (Phi) is 4.14. The SMILES string of the molecule is CC(C)(CCO)CNC1CCc2sc(Cl)cc21. The molecule has 1 aromatic rings. The highest BCUT2D eigenvalue weighted by atomic mass is 35.5.